The Labute approximate surface area is 177 Å². The fourth-order valence-corrected chi connectivity index (χ4v) is 3.67. The molecule has 0 bridgehead atoms. The van der Waals surface area contributed by atoms with Crippen molar-refractivity contribution in [3.8, 4) is 0 Å². The van der Waals surface area contributed by atoms with Crippen LogP contribution < -0.4 is 15.5 Å². The third-order valence-electron chi connectivity index (χ3n) is 5.35. The number of hydrogen-bond donors (Lipinski definition) is 2. The molecule has 5 nitrogen and oxygen atoms in total. The van der Waals surface area contributed by atoms with E-state index in [4.69, 9.17) is 0 Å². The second kappa shape index (κ2) is 10.8. The topological polar surface area (TPSA) is 61.4 Å². The van der Waals surface area contributed by atoms with Crippen LogP contribution in [-0.4, -0.2) is 24.9 Å². The molecule has 2 N–H and O–H groups in total. The summed E-state index contributed by atoms with van der Waals surface area (Å²) in [4.78, 5) is 27.4. The molecule has 0 saturated carbocycles. The zero-order chi connectivity index (χ0) is 21.3. The van der Waals surface area contributed by atoms with Crippen LogP contribution in [0, 0.1) is 5.82 Å². The molecular formula is C24H30FN3O2. The van der Waals surface area contributed by atoms with Gasteiger partial charge in [0.1, 0.15) is 5.82 Å². The highest BCUT2D eigenvalue weighted by atomic mass is 19.1. The number of unbranched alkanes of at least 4 members (excludes halogenated alkanes) is 2. The van der Waals surface area contributed by atoms with Crippen molar-refractivity contribution in [2.45, 2.75) is 52.0 Å². The number of halogens is 1. The van der Waals surface area contributed by atoms with Crippen LogP contribution in [0.15, 0.2) is 42.5 Å². The molecule has 2 aromatic carbocycles. The van der Waals surface area contributed by atoms with Crippen LogP contribution in [0.1, 0.15) is 61.4 Å². The van der Waals surface area contributed by atoms with Gasteiger partial charge in [-0.3, -0.25) is 9.59 Å². The molecule has 1 saturated heterocycles. The van der Waals surface area contributed by atoms with Gasteiger partial charge in [0.2, 0.25) is 5.91 Å². The van der Waals surface area contributed by atoms with E-state index >= 15 is 0 Å². The van der Waals surface area contributed by atoms with Gasteiger partial charge in [-0.2, -0.15) is 0 Å². The minimum atomic E-state index is -0.302. The van der Waals surface area contributed by atoms with Crippen LogP contribution in [0.25, 0.3) is 0 Å². The lowest BCUT2D eigenvalue weighted by atomic mass is 10.1. The van der Waals surface area contributed by atoms with Gasteiger partial charge in [0, 0.05) is 37.4 Å². The van der Waals surface area contributed by atoms with Crippen LogP contribution in [0.3, 0.4) is 0 Å². The van der Waals surface area contributed by atoms with E-state index in [1.165, 1.54) is 12.1 Å². The summed E-state index contributed by atoms with van der Waals surface area (Å²) in [5.41, 5.74) is 2.89. The van der Waals surface area contributed by atoms with E-state index in [9.17, 15) is 14.0 Å². The van der Waals surface area contributed by atoms with Gasteiger partial charge in [0.25, 0.3) is 5.91 Å². The standard InChI is InChI=1S/C24H30FN3O2/c1-2-3-4-7-23(29)27-20-12-13-22(28-14-5-6-15-28)21(16-20)24(30)26-17-18-8-10-19(25)11-9-18/h8-13,16H,2-7,14-15,17H2,1H3,(H,26,30)(H,27,29). The van der Waals surface area contributed by atoms with Crippen molar-refractivity contribution in [2.24, 2.45) is 0 Å². The first-order valence-electron chi connectivity index (χ1n) is 10.8. The Morgan fingerprint density at radius 1 is 1.03 bits per heavy atom. The minimum absolute atomic E-state index is 0.0324. The Balaban J connectivity index is 1.73. The summed E-state index contributed by atoms with van der Waals surface area (Å²) >= 11 is 0. The second-order valence-corrected chi connectivity index (χ2v) is 7.74. The van der Waals surface area contributed by atoms with Gasteiger partial charge in [-0.1, -0.05) is 31.9 Å². The molecule has 0 atom stereocenters. The normalized spacial score (nSPS) is 13.3. The van der Waals surface area contributed by atoms with Crippen LogP contribution >= 0.6 is 0 Å². The summed E-state index contributed by atoms with van der Waals surface area (Å²) in [6.07, 6.45) is 5.64. The van der Waals surface area contributed by atoms with Crippen LogP contribution in [-0.2, 0) is 11.3 Å². The Morgan fingerprint density at radius 3 is 2.47 bits per heavy atom. The molecule has 2 amide bonds. The fourth-order valence-electron chi connectivity index (χ4n) is 3.67. The molecule has 0 radical (unpaired) electrons. The van der Waals surface area contributed by atoms with E-state index in [0.717, 1.165) is 56.4 Å². The molecule has 1 heterocycles. The molecule has 0 spiro atoms. The first-order valence-corrected chi connectivity index (χ1v) is 10.8. The maximum Gasteiger partial charge on any atom is 0.253 e. The number of hydrogen-bond acceptors (Lipinski definition) is 3. The number of amides is 2. The summed E-state index contributed by atoms with van der Waals surface area (Å²) in [6.45, 7) is 4.25. The molecule has 1 aliphatic heterocycles. The number of anilines is 2. The molecule has 2 aromatic rings. The van der Waals surface area contributed by atoms with Gasteiger partial charge in [0.15, 0.2) is 0 Å². The lowest BCUT2D eigenvalue weighted by molar-refractivity contribution is -0.116. The van der Waals surface area contributed by atoms with Gasteiger partial charge in [-0.25, -0.2) is 4.39 Å². The molecule has 0 unspecified atom stereocenters. The highest BCUT2D eigenvalue weighted by molar-refractivity contribution is 6.02. The van der Waals surface area contributed by atoms with Gasteiger partial charge in [0.05, 0.1) is 5.56 Å². The molecule has 3 rings (SSSR count). The van der Waals surface area contributed by atoms with E-state index < -0.39 is 0 Å². The number of benzene rings is 2. The second-order valence-electron chi connectivity index (χ2n) is 7.74. The lowest BCUT2D eigenvalue weighted by Crippen LogP contribution is -2.27. The Kier molecular flexibility index (Phi) is 7.82. The van der Waals surface area contributed by atoms with Gasteiger partial charge in [-0.05, 0) is 55.2 Å². The molecule has 160 valence electrons. The zero-order valence-electron chi connectivity index (χ0n) is 17.5. The number of carbonyl (C=O) groups excluding carboxylic acids is 2. The quantitative estimate of drug-likeness (QED) is 0.579. The van der Waals surface area contributed by atoms with Gasteiger partial charge < -0.3 is 15.5 Å². The summed E-state index contributed by atoms with van der Waals surface area (Å²) in [5, 5.41) is 5.84. The van der Waals surface area contributed by atoms with Gasteiger partial charge >= 0.3 is 0 Å². The van der Waals surface area contributed by atoms with Crippen molar-refractivity contribution in [3.63, 3.8) is 0 Å². The smallest absolute Gasteiger partial charge is 0.253 e. The van der Waals surface area contributed by atoms with Crippen LogP contribution in [0.4, 0.5) is 15.8 Å². The Morgan fingerprint density at radius 2 is 1.77 bits per heavy atom. The van der Waals surface area contributed by atoms with E-state index in [0.29, 0.717) is 24.2 Å². The van der Waals surface area contributed by atoms with E-state index in [1.54, 1.807) is 18.2 Å². The fraction of sp³-hybridized carbons (Fsp3) is 0.417. The average Bonchev–Trinajstić information content (AvgIpc) is 3.28. The van der Waals surface area contributed by atoms with Crippen LogP contribution in [0.5, 0.6) is 0 Å². The van der Waals surface area contributed by atoms with Gasteiger partial charge in [-0.15, -0.1) is 0 Å². The van der Waals surface area contributed by atoms with Crippen molar-refractivity contribution >= 4 is 23.2 Å². The van der Waals surface area contributed by atoms with E-state index in [2.05, 4.69) is 22.5 Å². The number of nitrogens with one attached hydrogen (secondary N) is 2. The van der Waals surface area contributed by atoms with Crippen molar-refractivity contribution in [3.05, 3.63) is 59.4 Å². The van der Waals surface area contributed by atoms with Crippen molar-refractivity contribution in [1.29, 1.82) is 0 Å². The molecule has 1 fully saturated rings. The first-order chi connectivity index (χ1) is 14.6. The molecule has 0 aliphatic carbocycles. The van der Waals surface area contributed by atoms with Crippen molar-refractivity contribution in [2.75, 3.05) is 23.3 Å². The minimum Gasteiger partial charge on any atom is -0.371 e. The highest BCUT2D eigenvalue weighted by Crippen LogP contribution is 2.28. The molecule has 1 aliphatic rings. The van der Waals surface area contributed by atoms with Crippen molar-refractivity contribution in [1.82, 2.24) is 5.32 Å². The molecule has 0 aromatic heterocycles. The SMILES string of the molecule is CCCCCC(=O)Nc1ccc(N2CCCC2)c(C(=O)NCc2ccc(F)cc2)c1. The zero-order valence-corrected chi connectivity index (χ0v) is 17.5. The van der Waals surface area contributed by atoms with E-state index in [1.807, 2.05) is 12.1 Å². The summed E-state index contributed by atoms with van der Waals surface area (Å²) in [5.74, 6) is -0.540. The average molecular weight is 412 g/mol. The third-order valence-corrected chi connectivity index (χ3v) is 5.35. The van der Waals surface area contributed by atoms with Crippen LogP contribution in [0.2, 0.25) is 0 Å². The predicted molar refractivity (Wildman–Crippen MR) is 118 cm³/mol. The predicted octanol–water partition coefficient (Wildman–Crippen LogP) is 4.87. The molecule has 30 heavy (non-hydrogen) atoms. The molecular weight excluding hydrogens is 381 g/mol. The monoisotopic (exact) mass is 411 g/mol. The Hall–Kier alpha value is -2.89. The number of rotatable bonds is 9. The number of carbonyl (C=O) groups is 2. The lowest BCUT2D eigenvalue weighted by Gasteiger charge is -2.22. The number of nitrogens with zero attached hydrogens (tertiary/aromatic N) is 1. The third kappa shape index (κ3) is 6.05. The highest BCUT2D eigenvalue weighted by Gasteiger charge is 2.20. The molecule has 6 heteroatoms. The summed E-state index contributed by atoms with van der Waals surface area (Å²) in [6, 6.07) is 11.6. The maximum atomic E-state index is 13.1. The van der Waals surface area contributed by atoms with Crippen molar-refractivity contribution < 1.29 is 14.0 Å². The van der Waals surface area contributed by atoms with E-state index in [-0.39, 0.29) is 17.6 Å². The first kappa shape index (κ1) is 21.8. The summed E-state index contributed by atoms with van der Waals surface area (Å²) in [7, 11) is 0. The summed E-state index contributed by atoms with van der Waals surface area (Å²) < 4.78 is 13.1. The maximum absolute atomic E-state index is 13.1. The Bertz CT molecular complexity index is 861. The largest absolute Gasteiger partial charge is 0.371 e.